The molecule has 0 aliphatic heterocycles. The molecule has 0 unspecified atom stereocenters. The lowest BCUT2D eigenvalue weighted by molar-refractivity contribution is -0.123. The predicted molar refractivity (Wildman–Crippen MR) is 162 cm³/mol. The maximum absolute atomic E-state index is 13.9. The first-order valence-electron chi connectivity index (χ1n) is 14.0. The fourth-order valence-corrected chi connectivity index (χ4v) is 5.28. The normalized spacial score (nSPS) is 13.6. The van der Waals surface area contributed by atoms with E-state index in [0.29, 0.717) is 13.1 Å². The summed E-state index contributed by atoms with van der Waals surface area (Å²) in [5, 5.41) is 3.47. The van der Waals surface area contributed by atoms with E-state index in [1.165, 1.54) is 23.2 Å². The van der Waals surface area contributed by atoms with Crippen LogP contribution < -0.4 is 15.1 Å². The van der Waals surface area contributed by atoms with Crippen LogP contribution in [-0.2, 0) is 17.9 Å². The lowest BCUT2D eigenvalue weighted by Gasteiger charge is -2.30. The number of nitrogens with one attached hydrogen (secondary N) is 1. The standard InChI is InChI=1S/C34H38N4O/c1-37(2)32-20-18-28(19-21-32)27-16-14-26(15-17-27)25-38(34(39)29-9-4-3-5-10-29)33-13-8-12-30(23-33)36-24-31-11-6-7-22-35-31/h6-8,11-23,29,36H,3-5,9-10,24-25H2,1-2H3. The third kappa shape index (κ3) is 6.85. The molecule has 1 amide bonds. The summed E-state index contributed by atoms with van der Waals surface area (Å²) in [7, 11) is 4.10. The highest BCUT2D eigenvalue weighted by Gasteiger charge is 2.27. The fraction of sp³-hybridized carbons (Fsp3) is 0.294. The average Bonchev–Trinajstić information content (AvgIpc) is 3.00. The first kappa shape index (κ1) is 26.5. The van der Waals surface area contributed by atoms with Crippen LogP contribution in [-0.4, -0.2) is 25.0 Å². The smallest absolute Gasteiger partial charge is 0.230 e. The van der Waals surface area contributed by atoms with Crippen molar-refractivity contribution in [3.8, 4) is 11.1 Å². The zero-order valence-corrected chi connectivity index (χ0v) is 23.0. The first-order chi connectivity index (χ1) is 19.1. The number of rotatable bonds is 9. The Kier molecular flexibility index (Phi) is 8.57. The highest BCUT2D eigenvalue weighted by Crippen LogP contribution is 2.30. The van der Waals surface area contributed by atoms with Gasteiger partial charge in [-0.25, -0.2) is 0 Å². The molecule has 0 saturated heterocycles. The minimum atomic E-state index is 0.0957. The minimum absolute atomic E-state index is 0.0957. The molecule has 1 aromatic heterocycles. The lowest BCUT2D eigenvalue weighted by Crippen LogP contribution is -2.36. The van der Waals surface area contributed by atoms with E-state index in [1.54, 1.807) is 0 Å². The molecule has 4 aromatic rings. The quantitative estimate of drug-likeness (QED) is 0.249. The zero-order valence-electron chi connectivity index (χ0n) is 23.0. The van der Waals surface area contributed by atoms with Gasteiger partial charge in [0.05, 0.1) is 18.8 Å². The van der Waals surface area contributed by atoms with Crippen molar-refractivity contribution in [2.24, 2.45) is 5.92 Å². The molecule has 1 fully saturated rings. The first-order valence-corrected chi connectivity index (χ1v) is 14.0. The van der Waals surface area contributed by atoms with Crippen molar-refractivity contribution in [2.75, 3.05) is 29.2 Å². The van der Waals surface area contributed by atoms with Crippen LogP contribution in [0, 0.1) is 5.92 Å². The molecule has 1 aliphatic rings. The Labute approximate surface area is 232 Å². The van der Waals surface area contributed by atoms with Gasteiger partial charge in [0.15, 0.2) is 0 Å². The number of aromatic nitrogens is 1. The van der Waals surface area contributed by atoms with Crippen molar-refractivity contribution in [2.45, 2.75) is 45.2 Å². The van der Waals surface area contributed by atoms with Gasteiger partial charge in [0.1, 0.15) is 0 Å². The number of anilines is 3. The largest absolute Gasteiger partial charge is 0.379 e. The molecule has 1 aliphatic carbocycles. The van der Waals surface area contributed by atoms with Crippen molar-refractivity contribution in [3.05, 3.63) is 108 Å². The van der Waals surface area contributed by atoms with Crippen LogP contribution in [0.5, 0.6) is 0 Å². The molecular formula is C34H38N4O. The Hall–Kier alpha value is -4.12. The van der Waals surface area contributed by atoms with Gasteiger partial charge in [-0.15, -0.1) is 0 Å². The van der Waals surface area contributed by atoms with E-state index in [9.17, 15) is 4.79 Å². The van der Waals surface area contributed by atoms with Gasteiger partial charge in [-0.2, -0.15) is 0 Å². The van der Waals surface area contributed by atoms with Gasteiger partial charge in [0.2, 0.25) is 5.91 Å². The highest BCUT2D eigenvalue weighted by atomic mass is 16.2. The van der Waals surface area contributed by atoms with Gasteiger partial charge >= 0.3 is 0 Å². The van der Waals surface area contributed by atoms with Gasteiger partial charge in [0, 0.05) is 43.3 Å². The molecule has 200 valence electrons. The van der Waals surface area contributed by atoms with Crippen LogP contribution in [0.2, 0.25) is 0 Å². The van der Waals surface area contributed by atoms with Gasteiger partial charge in [-0.1, -0.05) is 67.8 Å². The number of hydrogen-bond acceptors (Lipinski definition) is 4. The summed E-state index contributed by atoms with van der Waals surface area (Å²) in [6.07, 6.45) is 7.27. The fourth-order valence-electron chi connectivity index (χ4n) is 5.28. The number of hydrogen-bond donors (Lipinski definition) is 1. The molecule has 39 heavy (non-hydrogen) atoms. The third-order valence-electron chi connectivity index (χ3n) is 7.59. The van der Waals surface area contributed by atoms with E-state index >= 15 is 0 Å². The Morgan fingerprint density at radius 1 is 0.821 bits per heavy atom. The molecule has 5 heteroatoms. The Bertz CT molecular complexity index is 1340. The van der Waals surface area contributed by atoms with Crippen molar-refractivity contribution in [1.29, 1.82) is 0 Å². The monoisotopic (exact) mass is 518 g/mol. The van der Waals surface area contributed by atoms with E-state index in [1.807, 2.05) is 47.5 Å². The maximum atomic E-state index is 13.9. The van der Waals surface area contributed by atoms with Crippen molar-refractivity contribution >= 4 is 23.0 Å². The van der Waals surface area contributed by atoms with Gasteiger partial charge < -0.3 is 15.1 Å². The summed E-state index contributed by atoms with van der Waals surface area (Å²) in [5.74, 6) is 0.332. The SMILES string of the molecule is CN(C)c1ccc(-c2ccc(CN(C(=O)C3CCCCC3)c3cccc(NCc4ccccn4)c3)cc2)cc1. The van der Waals surface area contributed by atoms with Crippen LogP contribution in [0.15, 0.2) is 97.2 Å². The predicted octanol–water partition coefficient (Wildman–Crippen LogP) is 7.54. The Balaban J connectivity index is 1.36. The molecular weight excluding hydrogens is 480 g/mol. The summed E-state index contributed by atoms with van der Waals surface area (Å²) in [4.78, 5) is 22.4. The molecule has 1 N–H and O–H groups in total. The number of amides is 1. The Morgan fingerprint density at radius 2 is 1.54 bits per heavy atom. The summed E-state index contributed by atoms with van der Waals surface area (Å²) < 4.78 is 0. The Morgan fingerprint density at radius 3 is 2.21 bits per heavy atom. The maximum Gasteiger partial charge on any atom is 0.230 e. The van der Waals surface area contributed by atoms with E-state index < -0.39 is 0 Å². The number of nitrogens with zero attached hydrogens (tertiary/aromatic N) is 3. The van der Waals surface area contributed by atoms with Crippen molar-refractivity contribution in [1.82, 2.24) is 4.98 Å². The zero-order chi connectivity index (χ0) is 27.0. The van der Waals surface area contributed by atoms with Crippen LogP contribution >= 0.6 is 0 Å². The van der Waals surface area contributed by atoms with Crippen molar-refractivity contribution < 1.29 is 4.79 Å². The van der Waals surface area contributed by atoms with Crippen LogP contribution in [0.3, 0.4) is 0 Å². The number of carbonyl (C=O) groups excluding carboxylic acids is 1. The summed E-state index contributed by atoms with van der Waals surface area (Å²) in [5.41, 5.74) is 7.57. The number of carbonyl (C=O) groups is 1. The molecule has 3 aromatic carbocycles. The molecule has 5 nitrogen and oxygen atoms in total. The minimum Gasteiger partial charge on any atom is -0.379 e. The summed E-state index contributed by atoms with van der Waals surface area (Å²) in [6, 6.07) is 31.4. The van der Waals surface area contributed by atoms with Crippen LogP contribution in [0.4, 0.5) is 17.1 Å². The van der Waals surface area contributed by atoms with E-state index in [0.717, 1.165) is 48.3 Å². The lowest BCUT2D eigenvalue weighted by atomic mass is 9.88. The van der Waals surface area contributed by atoms with Gasteiger partial charge in [0.25, 0.3) is 0 Å². The number of benzene rings is 3. The van der Waals surface area contributed by atoms with Gasteiger partial charge in [-0.05, 0) is 72.0 Å². The van der Waals surface area contributed by atoms with Crippen LogP contribution in [0.25, 0.3) is 11.1 Å². The second kappa shape index (κ2) is 12.6. The van der Waals surface area contributed by atoms with Crippen LogP contribution in [0.1, 0.15) is 43.4 Å². The molecule has 5 rings (SSSR count). The highest BCUT2D eigenvalue weighted by molar-refractivity contribution is 5.95. The molecule has 1 heterocycles. The van der Waals surface area contributed by atoms with Gasteiger partial charge in [-0.3, -0.25) is 9.78 Å². The summed E-state index contributed by atoms with van der Waals surface area (Å²) >= 11 is 0. The average molecular weight is 519 g/mol. The summed E-state index contributed by atoms with van der Waals surface area (Å²) in [6.45, 7) is 1.19. The van der Waals surface area contributed by atoms with E-state index in [-0.39, 0.29) is 11.8 Å². The van der Waals surface area contributed by atoms with Crippen molar-refractivity contribution in [3.63, 3.8) is 0 Å². The molecule has 1 saturated carbocycles. The molecule has 0 atom stereocenters. The second-order valence-electron chi connectivity index (χ2n) is 10.6. The second-order valence-corrected chi connectivity index (χ2v) is 10.6. The molecule has 0 radical (unpaired) electrons. The topological polar surface area (TPSA) is 48.5 Å². The molecule has 0 bridgehead atoms. The number of pyridine rings is 1. The molecule has 0 spiro atoms. The van der Waals surface area contributed by atoms with E-state index in [4.69, 9.17) is 0 Å². The van der Waals surface area contributed by atoms with E-state index in [2.05, 4.69) is 83.9 Å². The third-order valence-corrected chi connectivity index (χ3v) is 7.59.